The van der Waals surface area contributed by atoms with Gasteiger partial charge < -0.3 is 10.2 Å². The Morgan fingerprint density at radius 3 is 2.45 bits per heavy atom. The van der Waals surface area contributed by atoms with E-state index >= 15 is 4.39 Å². The maximum absolute atomic E-state index is 15.4. The minimum Gasteiger partial charge on any atom is -0.363 e. The van der Waals surface area contributed by atoms with Crippen molar-refractivity contribution in [2.75, 3.05) is 25.1 Å². The molecule has 0 atom stereocenters. The minimum absolute atomic E-state index is 0.0505. The number of halogens is 5. The summed E-state index contributed by atoms with van der Waals surface area (Å²) in [6.45, 7) is 2.17. The van der Waals surface area contributed by atoms with Crippen molar-refractivity contribution in [1.29, 1.82) is 0 Å². The fourth-order valence-corrected chi connectivity index (χ4v) is 4.25. The van der Waals surface area contributed by atoms with Crippen molar-refractivity contribution in [2.45, 2.75) is 25.9 Å². The molecule has 0 spiro atoms. The Kier molecular flexibility index (Phi) is 5.45. The first-order valence-corrected chi connectivity index (χ1v) is 9.91. The Bertz CT molecular complexity index is 1060. The average Bonchev–Trinajstić information content (AvgIpc) is 2.74. The monoisotopic (exact) mass is 437 g/mol. The zero-order chi connectivity index (χ0) is 22.3. The average molecular weight is 437 g/mol. The van der Waals surface area contributed by atoms with Gasteiger partial charge in [0.15, 0.2) is 5.82 Å². The zero-order valence-corrected chi connectivity index (χ0v) is 16.7. The Morgan fingerprint density at radius 1 is 1.13 bits per heavy atom. The van der Waals surface area contributed by atoms with Crippen LogP contribution in [0.15, 0.2) is 35.3 Å². The fourth-order valence-electron chi connectivity index (χ4n) is 4.25. The van der Waals surface area contributed by atoms with Crippen molar-refractivity contribution in [2.24, 2.45) is 10.9 Å². The first-order valence-electron chi connectivity index (χ1n) is 9.91. The van der Waals surface area contributed by atoms with Crippen molar-refractivity contribution in [3.63, 3.8) is 0 Å². The molecule has 1 saturated heterocycles. The maximum Gasteiger partial charge on any atom is 0.450 e. The molecule has 0 saturated carbocycles. The van der Waals surface area contributed by atoms with E-state index < -0.39 is 29.5 Å². The zero-order valence-electron chi connectivity index (χ0n) is 16.7. The van der Waals surface area contributed by atoms with Crippen LogP contribution in [-0.2, 0) is 4.79 Å². The molecular formula is C22H20F5N3O. The van der Waals surface area contributed by atoms with Crippen LogP contribution >= 0.6 is 0 Å². The normalized spacial score (nSPS) is 17.1. The number of aliphatic imine (C=N–C) groups is 1. The molecule has 2 aliphatic heterocycles. The molecule has 4 rings (SSSR count). The number of rotatable bonds is 2. The Labute approximate surface area is 175 Å². The van der Waals surface area contributed by atoms with Gasteiger partial charge in [0.2, 0.25) is 5.78 Å². The Balaban J connectivity index is 1.63. The highest BCUT2D eigenvalue weighted by Gasteiger charge is 2.44. The summed E-state index contributed by atoms with van der Waals surface area (Å²) >= 11 is 0. The second kappa shape index (κ2) is 7.94. The number of nitrogens with one attached hydrogen (secondary N) is 1. The van der Waals surface area contributed by atoms with Crippen LogP contribution in [0.25, 0.3) is 11.1 Å². The van der Waals surface area contributed by atoms with Gasteiger partial charge in [0.25, 0.3) is 0 Å². The standard InChI is InChI=1S/C22H20F5N3O/c1-12-10-15-19(18(24)17(12)14-4-2-3-5-16(14)23)28-11-29-21(15)30-8-6-13(7-9-30)20(31)22(25,26)27/h2-5,10,13,28H,6-9,11H2,1H3. The summed E-state index contributed by atoms with van der Waals surface area (Å²) in [6.07, 6.45) is -4.74. The number of aryl methyl sites for hydroxylation is 1. The molecule has 2 heterocycles. The topological polar surface area (TPSA) is 44.7 Å². The molecule has 4 nitrogen and oxygen atoms in total. The number of fused-ring (bicyclic) bond motifs is 1. The molecule has 0 aliphatic carbocycles. The maximum atomic E-state index is 15.4. The molecule has 9 heteroatoms. The molecule has 2 aromatic rings. The number of alkyl halides is 3. The van der Waals surface area contributed by atoms with E-state index in [4.69, 9.17) is 0 Å². The summed E-state index contributed by atoms with van der Waals surface area (Å²) in [4.78, 5) is 17.7. The van der Waals surface area contributed by atoms with E-state index in [0.717, 1.165) is 0 Å². The van der Waals surface area contributed by atoms with Gasteiger partial charge in [-0.3, -0.25) is 4.79 Å². The summed E-state index contributed by atoms with van der Waals surface area (Å²) < 4.78 is 67.9. The molecule has 0 bridgehead atoms. The predicted octanol–water partition coefficient (Wildman–Crippen LogP) is 4.91. The van der Waals surface area contributed by atoms with Crippen molar-refractivity contribution < 1.29 is 26.7 Å². The third-order valence-electron chi connectivity index (χ3n) is 5.78. The van der Waals surface area contributed by atoms with Gasteiger partial charge in [-0.05, 0) is 37.5 Å². The van der Waals surface area contributed by atoms with E-state index in [2.05, 4.69) is 10.3 Å². The van der Waals surface area contributed by atoms with Crippen LogP contribution in [-0.4, -0.2) is 42.5 Å². The Morgan fingerprint density at radius 2 is 1.81 bits per heavy atom. The van der Waals surface area contributed by atoms with Crippen molar-refractivity contribution >= 4 is 17.3 Å². The molecule has 0 unspecified atom stereocenters. The van der Waals surface area contributed by atoms with E-state index in [0.29, 0.717) is 17.0 Å². The van der Waals surface area contributed by atoms with Gasteiger partial charge in [-0.1, -0.05) is 18.2 Å². The molecule has 0 radical (unpaired) electrons. The van der Waals surface area contributed by atoms with Crippen LogP contribution in [0.2, 0.25) is 0 Å². The van der Waals surface area contributed by atoms with Crippen LogP contribution in [0.4, 0.5) is 27.6 Å². The van der Waals surface area contributed by atoms with Gasteiger partial charge in [0.1, 0.15) is 18.3 Å². The van der Waals surface area contributed by atoms with Gasteiger partial charge in [0, 0.05) is 35.7 Å². The lowest BCUT2D eigenvalue weighted by atomic mass is 9.90. The molecule has 1 N–H and O–H groups in total. The van der Waals surface area contributed by atoms with Crippen LogP contribution in [0, 0.1) is 24.5 Å². The van der Waals surface area contributed by atoms with Gasteiger partial charge in [-0.2, -0.15) is 13.2 Å². The van der Waals surface area contributed by atoms with Gasteiger partial charge in [0.05, 0.1) is 5.69 Å². The number of carbonyl (C=O) groups excluding carboxylic acids is 1. The molecule has 164 valence electrons. The molecule has 1 fully saturated rings. The molecule has 2 aromatic carbocycles. The number of Topliss-reactive ketones (excluding diaryl/α,β-unsaturated/α-hetero) is 1. The lowest BCUT2D eigenvalue weighted by molar-refractivity contribution is -0.176. The third-order valence-corrected chi connectivity index (χ3v) is 5.78. The summed E-state index contributed by atoms with van der Waals surface area (Å²) in [5, 5.41) is 2.89. The highest BCUT2D eigenvalue weighted by Crippen LogP contribution is 2.37. The number of amidine groups is 1. The van der Waals surface area contributed by atoms with Gasteiger partial charge in [-0.25, -0.2) is 13.8 Å². The SMILES string of the molecule is Cc1cc2c(c(F)c1-c1ccccc1F)NCN=C2N1CCC(C(=O)C(F)(F)F)CC1. The number of piperidine rings is 1. The number of hydrogen-bond acceptors (Lipinski definition) is 4. The van der Waals surface area contributed by atoms with Crippen molar-refractivity contribution in [3.05, 3.63) is 53.1 Å². The molecule has 2 aliphatic rings. The second-order valence-corrected chi connectivity index (χ2v) is 7.72. The summed E-state index contributed by atoms with van der Waals surface area (Å²) in [5.41, 5.74) is 1.47. The van der Waals surface area contributed by atoms with E-state index in [1.807, 2.05) is 0 Å². The summed E-state index contributed by atoms with van der Waals surface area (Å²) in [7, 11) is 0. The number of carbonyl (C=O) groups is 1. The Hall–Kier alpha value is -2.97. The largest absolute Gasteiger partial charge is 0.450 e. The van der Waals surface area contributed by atoms with E-state index in [-0.39, 0.29) is 49.4 Å². The number of nitrogens with zero attached hydrogens (tertiary/aromatic N) is 2. The number of ketones is 1. The van der Waals surface area contributed by atoms with E-state index in [1.54, 1.807) is 24.0 Å². The summed E-state index contributed by atoms with van der Waals surface area (Å²) in [5.74, 6) is -3.44. The lowest BCUT2D eigenvalue weighted by Gasteiger charge is -2.36. The second-order valence-electron chi connectivity index (χ2n) is 7.72. The number of anilines is 1. The first-order chi connectivity index (χ1) is 14.7. The van der Waals surface area contributed by atoms with Gasteiger partial charge in [-0.15, -0.1) is 0 Å². The highest BCUT2D eigenvalue weighted by atomic mass is 19.4. The van der Waals surface area contributed by atoms with Crippen LogP contribution in [0.5, 0.6) is 0 Å². The summed E-state index contributed by atoms with van der Waals surface area (Å²) in [6, 6.07) is 7.63. The van der Waals surface area contributed by atoms with Crippen molar-refractivity contribution in [3.8, 4) is 11.1 Å². The van der Waals surface area contributed by atoms with Crippen molar-refractivity contribution in [1.82, 2.24) is 4.90 Å². The van der Waals surface area contributed by atoms with Crippen LogP contribution < -0.4 is 5.32 Å². The fraction of sp³-hybridized carbons (Fsp3) is 0.364. The molecule has 0 amide bonds. The molecule has 31 heavy (non-hydrogen) atoms. The third kappa shape index (κ3) is 3.88. The van der Waals surface area contributed by atoms with E-state index in [9.17, 15) is 22.4 Å². The number of benzene rings is 2. The van der Waals surface area contributed by atoms with Gasteiger partial charge >= 0.3 is 6.18 Å². The quantitative estimate of drug-likeness (QED) is 0.679. The minimum atomic E-state index is -4.84. The predicted molar refractivity (Wildman–Crippen MR) is 107 cm³/mol. The number of likely N-dealkylation sites (tertiary alicyclic amines) is 1. The molecule has 0 aromatic heterocycles. The lowest BCUT2D eigenvalue weighted by Crippen LogP contribution is -2.44. The van der Waals surface area contributed by atoms with Crippen LogP contribution in [0.3, 0.4) is 0 Å². The smallest absolute Gasteiger partial charge is 0.363 e. The van der Waals surface area contributed by atoms with Crippen LogP contribution in [0.1, 0.15) is 24.0 Å². The number of hydrogen-bond donors (Lipinski definition) is 1. The highest BCUT2D eigenvalue weighted by molar-refractivity contribution is 6.06. The first kappa shape index (κ1) is 21.3. The molecular weight excluding hydrogens is 417 g/mol. The van der Waals surface area contributed by atoms with E-state index in [1.165, 1.54) is 18.2 Å².